The van der Waals surface area contributed by atoms with E-state index in [2.05, 4.69) is 33.8 Å². The van der Waals surface area contributed by atoms with E-state index in [1.54, 1.807) is 0 Å². The molecule has 0 aromatic carbocycles. The predicted molar refractivity (Wildman–Crippen MR) is 69.6 cm³/mol. The van der Waals surface area contributed by atoms with E-state index < -0.39 is 0 Å². The Morgan fingerprint density at radius 1 is 1.35 bits per heavy atom. The fourth-order valence-electron chi connectivity index (χ4n) is 4.39. The Kier molecular flexibility index (Phi) is 3.16. The van der Waals surface area contributed by atoms with E-state index in [0.29, 0.717) is 5.92 Å². The maximum Gasteiger partial charge on any atom is 0.0603 e. The minimum absolute atomic E-state index is 0.121. The lowest BCUT2D eigenvalue weighted by molar-refractivity contribution is -0.135. The number of aliphatic hydroxyl groups excluding tert-OH is 2. The molecule has 0 heterocycles. The standard InChI is InChI=1S/C15H26O2/c1-10-5-6-12-14(2,3)8-7-13(17)15(12,4)11(10)9-16/h5,11-13,16-17H,6-9H2,1-4H3/t11-,12-,13-,15+/m0/s1. The first-order valence-corrected chi connectivity index (χ1v) is 6.79. The monoisotopic (exact) mass is 238 g/mol. The third-order valence-corrected chi connectivity index (χ3v) is 5.63. The first-order chi connectivity index (χ1) is 7.84. The quantitative estimate of drug-likeness (QED) is 0.690. The molecule has 0 spiro atoms. The van der Waals surface area contributed by atoms with E-state index >= 15 is 0 Å². The zero-order chi connectivity index (χ0) is 12.8. The Labute approximate surface area is 105 Å². The van der Waals surface area contributed by atoms with Crippen molar-refractivity contribution in [2.24, 2.45) is 22.7 Å². The molecule has 0 saturated heterocycles. The van der Waals surface area contributed by atoms with Gasteiger partial charge in [0, 0.05) is 11.3 Å². The van der Waals surface area contributed by atoms with Crippen LogP contribution in [-0.2, 0) is 0 Å². The van der Waals surface area contributed by atoms with Gasteiger partial charge in [-0.1, -0.05) is 32.4 Å². The zero-order valence-electron chi connectivity index (χ0n) is 11.5. The first-order valence-electron chi connectivity index (χ1n) is 6.79. The molecule has 0 aliphatic heterocycles. The first kappa shape index (κ1) is 13.1. The van der Waals surface area contributed by atoms with Crippen LogP contribution < -0.4 is 0 Å². The van der Waals surface area contributed by atoms with Gasteiger partial charge in [0.05, 0.1) is 12.7 Å². The molecule has 2 aliphatic carbocycles. The Hall–Kier alpha value is -0.340. The fourth-order valence-corrected chi connectivity index (χ4v) is 4.39. The lowest BCUT2D eigenvalue weighted by atomic mass is 9.48. The number of allylic oxidation sites excluding steroid dienone is 1. The highest BCUT2D eigenvalue weighted by Gasteiger charge is 2.56. The lowest BCUT2D eigenvalue weighted by Gasteiger charge is -2.58. The summed E-state index contributed by atoms with van der Waals surface area (Å²) in [5.74, 6) is 0.593. The molecule has 2 rings (SSSR count). The van der Waals surface area contributed by atoms with Crippen LogP contribution in [0.4, 0.5) is 0 Å². The van der Waals surface area contributed by atoms with E-state index in [1.807, 2.05) is 0 Å². The van der Waals surface area contributed by atoms with Crippen molar-refractivity contribution in [1.82, 2.24) is 0 Å². The smallest absolute Gasteiger partial charge is 0.0603 e. The van der Waals surface area contributed by atoms with Crippen LogP contribution in [0.5, 0.6) is 0 Å². The van der Waals surface area contributed by atoms with Crippen molar-refractivity contribution in [2.75, 3.05) is 6.61 Å². The average Bonchev–Trinajstić information content (AvgIpc) is 2.24. The summed E-state index contributed by atoms with van der Waals surface area (Å²) in [4.78, 5) is 0. The number of hydrogen-bond acceptors (Lipinski definition) is 2. The molecular formula is C15H26O2. The second-order valence-corrected chi connectivity index (χ2v) is 6.88. The van der Waals surface area contributed by atoms with Gasteiger partial charge in [-0.15, -0.1) is 0 Å². The minimum Gasteiger partial charge on any atom is -0.396 e. The van der Waals surface area contributed by atoms with Gasteiger partial charge in [-0.3, -0.25) is 0 Å². The van der Waals surface area contributed by atoms with Gasteiger partial charge in [0.1, 0.15) is 0 Å². The summed E-state index contributed by atoms with van der Waals surface area (Å²) in [7, 11) is 0. The molecule has 0 amide bonds. The van der Waals surface area contributed by atoms with Crippen LogP contribution in [0, 0.1) is 22.7 Å². The number of rotatable bonds is 1. The average molecular weight is 238 g/mol. The topological polar surface area (TPSA) is 40.5 Å². The van der Waals surface area contributed by atoms with E-state index in [4.69, 9.17) is 0 Å². The maximum absolute atomic E-state index is 10.5. The Morgan fingerprint density at radius 2 is 2.00 bits per heavy atom. The van der Waals surface area contributed by atoms with Gasteiger partial charge in [-0.2, -0.15) is 0 Å². The Balaban J connectivity index is 2.46. The minimum atomic E-state index is -0.277. The molecule has 0 bridgehead atoms. The van der Waals surface area contributed by atoms with Crippen molar-refractivity contribution in [3.63, 3.8) is 0 Å². The molecule has 1 fully saturated rings. The third kappa shape index (κ3) is 1.77. The molecule has 98 valence electrons. The molecule has 0 aromatic heterocycles. The summed E-state index contributed by atoms with van der Waals surface area (Å²) in [5, 5.41) is 20.2. The molecule has 2 aliphatic rings. The third-order valence-electron chi connectivity index (χ3n) is 5.63. The van der Waals surface area contributed by atoms with Crippen LogP contribution in [0.2, 0.25) is 0 Å². The van der Waals surface area contributed by atoms with Gasteiger partial charge in [0.25, 0.3) is 0 Å². The summed E-state index contributed by atoms with van der Waals surface area (Å²) in [6.45, 7) is 9.05. The predicted octanol–water partition coefficient (Wildman–Crippen LogP) is 2.75. The highest BCUT2D eigenvalue weighted by molar-refractivity contribution is 5.20. The summed E-state index contributed by atoms with van der Waals surface area (Å²) >= 11 is 0. The highest BCUT2D eigenvalue weighted by atomic mass is 16.3. The van der Waals surface area contributed by atoms with E-state index in [1.165, 1.54) is 5.57 Å². The molecule has 0 aromatic rings. The van der Waals surface area contributed by atoms with Crippen LogP contribution in [0.25, 0.3) is 0 Å². The van der Waals surface area contributed by atoms with E-state index in [0.717, 1.165) is 19.3 Å². The van der Waals surface area contributed by atoms with Crippen molar-refractivity contribution in [2.45, 2.75) is 53.1 Å². The zero-order valence-corrected chi connectivity index (χ0v) is 11.5. The van der Waals surface area contributed by atoms with Crippen molar-refractivity contribution < 1.29 is 10.2 Å². The van der Waals surface area contributed by atoms with Gasteiger partial charge in [0.15, 0.2) is 0 Å². The molecule has 17 heavy (non-hydrogen) atoms. The molecule has 2 heteroatoms. The van der Waals surface area contributed by atoms with Crippen LogP contribution in [0.3, 0.4) is 0 Å². The van der Waals surface area contributed by atoms with E-state index in [-0.39, 0.29) is 29.5 Å². The van der Waals surface area contributed by atoms with Gasteiger partial charge in [0.2, 0.25) is 0 Å². The number of fused-ring (bicyclic) bond motifs is 1. The van der Waals surface area contributed by atoms with Crippen LogP contribution in [0.1, 0.15) is 47.0 Å². The highest BCUT2D eigenvalue weighted by Crippen LogP contribution is 2.59. The van der Waals surface area contributed by atoms with Crippen LogP contribution in [-0.4, -0.2) is 22.9 Å². The van der Waals surface area contributed by atoms with Crippen molar-refractivity contribution in [3.05, 3.63) is 11.6 Å². The summed E-state index contributed by atoms with van der Waals surface area (Å²) in [6, 6.07) is 0. The van der Waals surface area contributed by atoms with Gasteiger partial charge in [-0.25, -0.2) is 0 Å². The molecule has 2 nitrogen and oxygen atoms in total. The van der Waals surface area contributed by atoms with Crippen molar-refractivity contribution >= 4 is 0 Å². The number of aliphatic hydroxyl groups is 2. The summed E-state index contributed by atoms with van der Waals surface area (Å²) < 4.78 is 0. The van der Waals surface area contributed by atoms with Crippen LogP contribution in [0.15, 0.2) is 11.6 Å². The van der Waals surface area contributed by atoms with Gasteiger partial charge < -0.3 is 10.2 Å². The molecule has 0 radical (unpaired) electrons. The fraction of sp³-hybridized carbons (Fsp3) is 0.867. The molecule has 1 saturated carbocycles. The molecular weight excluding hydrogens is 212 g/mol. The Bertz CT molecular complexity index is 332. The summed E-state index contributed by atoms with van der Waals surface area (Å²) in [6.07, 6.45) is 4.99. The molecule has 2 N–H and O–H groups in total. The van der Waals surface area contributed by atoms with Crippen molar-refractivity contribution in [1.29, 1.82) is 0 Å². The second-order valence-electron chi connectivity index (χ2n) is 6.88. The Morgan fingerprint density at radius 3 is 2.59 bits per heavy atom. The van der Waals surface area contributed by atoms with Crippen LogP contribution >= 0.6 is 0 Å². The molecule has 0 unspecified atom stereocenters. The van der Waals surface area contributed by atoms with Crippen molar-refractivity contribution in [3.8, 4) is 0 Å². The van der Waals surface area contributed by atoms with Gasteiger partial charge in [-0.05, 0) is 37.5 Å². The maximum atomic E-state index is 10.5. The van der Waals surface area contributed by atoms with Gasteiger partial charge >= 0.3 is 0 Å². The normalized spacial score (nSPS) is 45.1. The second kappa shape index (κ2) is 4.10. The van der Waals surface area contributed by atoms with E-state index in [9.17, 15) is 10.2 Å². The molecule has 4 atom stereocenters. The SMILES string of the molecule is CC1=CC[C@H]2C(C)(C)CC[C@H](O)[C@]2(C)[C@H]1CO. The lowest BCUT2D eigenvalue weighted by Crippen LogP contribution is -2.56. The summed E-state index contributed by atoms with van der Waals surface area (Å²) in [5.41, 5.74) is 1.36. The number of hydrogen-bond donors (Lipinski definition) is 2. The largest absolute Gasteiger partial charge is 0.396 e.